The smallest absolute Gasteiger partial charge is 0.234 e. The van der Waals surface area contributed by atoms with Gasteiger partial charge in [0.25, 0.3) is 0 Å². The Hall–Kier alpha value is -2.08. The normalized spacial score (nSPS) is 15.6. The number of nitrogens with one attached hydrogen (secondary N) is 1. The van der Waals surface area contributed by atoms with Gasteiger partial charge in [-0.1, -0.05) is 60.7 Å². The van der Waals surface area contributed by atoms with E-state index in [1.165, 1.54) is 10.5 Å². The molecule has 1 N–H and O–H groups in total. The topological polar surface area (TPSA) is 35.6 Å². The maximum Gasteiger partial charge on any atom is 0.234 e. The van der Waals surface area contributed by atoms with Crippen molar-refractivity contribution in [3.8, 4) is 0 Å². The van der Waals surface area contributed by atoms with Crippen LogP contribution in [0, 0.1) is 0 Å². The molecule has 0 aliphatic carbocycles. The molecule has 0 unspecified atom stereocenters. The van der Waals surface area contributed by atoms with Crippen molar-refractivity contribution in [3.05, 3.63) is 72.3 Å². The van der Waals surface area contributed by atoms with Crippen LogP contribution in [-0.4, -0.2) is 67.3 Å². The van der Waals surface area contributed by atoms with Crippen molar-refractivity contribution in [2.45, 2.75) is 11.3 Å². The molecule has 1 saturated heterocycles. The zero-order chi connectivity index (χ0) is 20.2. The Balaban J connectivity index is 1.23. The van der Waals surface area contributed by atoms with Gasteiger partial charge in [0.1, 0.15) is 0 Å². The highest BCUT2D eigenvalue weighted by atomic mass is 32.2. The van der Waals surface area contributed by atoms with Crippen molar-refractivity contribution in [1.29, 1.82) is 0 Å². The second-order valence-corrected chi connectivity index (χ2v) is 8.42. The number of carbonyl (C=O) groups excluding carboxylic acids is 1. The van der Waals surface area contributed by atoms with E-state index in [1.54, 1.807) is 0 Å². The van der Waals surface area contributed by atoms with Crippen LogP contribution in [0.4, 0.5) is 0 Å². The molecule has 1 amide bonds. The average Bonchev–Trinajstić information content (AvgIpc) is 2.76. The fraction of sp³-hybridized carbons (Fsp3) is 0.375. The van der Waals surface area contributed by atoms with Gasteiger partial charge in [-0.3, -0.25) is 14.6 Å². The summed E-state index contributed by atoms with van der Waals surface area (Å²) < 4.78 is 0. The third kappa shape index (κ3) is 8.44. The van der Waals surface area contributed by atoms with Crippen LogP contribution in [0.25, 0.3) is 6.08 Å². The van der Waals surface area contributed by atoms with Crippen LogP contribution in [0.1, 0.15) is 12.0 Å². The van der Waals surface area contributed by atoms with Crippen LogP contribution < -0.4 is 5.32 Å². The SMILES string of the molecule is O=C(CN1CCN(C/C=C/c2ccccc2)CC1)NCCCSc1ccccc1. The molecule has 0 radical (unpaired) electrons. The van der Waals surface area contributed by atoms with E-state index in [-0.39, 0.29) is 5.91 Å². The van der Waals surface area contributed by atoms with E-state index < -0.39 is 0 Å². The van der Waals surface area contributed by atoms with Crippen LogP contribution in [-0.2, 0) is 4.79 Å². The second kappa shape index (κ2) is 12.5. The van der Waals surface area contributed by atoms with Crippen molar-refractivity contribution in [1.82, 2.24) is 15.1 Å². The Morgan fingerprint density at radius 2 is 1.59 bits per heavy atom. The predicted octanol–water partition coefficient (Wildman–Crippen LogP) is 3.62. The summed E-state index contributed by atoms with van der Waals surface area (Å²) in [5.41, 5.74) is 1.24. The molecule has 1 aliphatic heterocycles. The zero-order valence-electron chi connectivity index (χ0n) is 17.0. The van der Waals surface area contributed by atoms with E-state index in [0.717, 1.165) is 51.4 Å². The fourth-order valence-electron chi connectivity index (χ4n) is 3.30. The molecule has 154 valence electrons. The summed E-state index contributed by atoms with van der Waals surface area (Å²) in [4.78, 5) is 18.2. The summed E-state index contributed by atoms with van der Waals surface area (Å²) in [6.07, 6.45) is 5.40. The van der Waals surface area contributed by atoms with Crippen molar-refractivity contribution < 1.29 is 4.79 Å². The molecule has 29 heavy (non-hydrogen) atoms. The van der Waals surface area contributed by atoms with Gasteiger partial charge in [0, 0.05) is 44.2 Å². The van der Waals surface area contributed by atoms with E-state index >= 15 is 0 Å². The fourth-order valence-corrected chi connectivity index (χ4v) is 4.17. The minimum absolute atomic E-state index is 0.145. The van der Waals surface area contributed by atoms with Gasteiger partial charge in [0.2, 0.25) is 5.91 Å². The lowest BCUT2D eigenvalue weighted by molar-refractivity contribution is -0.122. The number of hydrogen-bond acceptors (Lipinski definition) is 4. The lowest BCUT2D eigenvalue weighted by Gasteiger charge is -2.33. The molecule has 0 saturated carbocycles. The maximum absolute atomic E-state index is 12.2. The van der Waals surface area contributed by atoms with Crippen molar-refractivity contribution in [3.63, 3.8) is 0 Å². The van der Waals surface area contributed by atoms with E-state index in [0.29, 0.717) is 6.54 Å². The monoisotopic (exact) mass is 409 g/mol. The molecule has 2 aromatic rings. The minimum Gasteiger partial charge on any atom is -0.355 e. The number of carbonyl (C=O) groups is 1. The van der Waals surface area contributed by atoms with E-state index in [2.05, 4.69) is 75.8 Å². The van der Waals surface area contributed by atoms with Crippen LogP contribution in [0.5, 0.6) is 0 Å². The third-order valence-electron chi connectivity index (χ3n) is 4.96. The maximum atomic E-state index is 12.2. The zero-order valence-corrected chi connectivity index (χ0v) is 17.8. The Kier molecular flexibility index (Phi) is 9.30. The first-order chi connectivity index (χ1) is 14.3. The molecule has 1 fully saturated rings. The average molecular weight is 410 g/mol. The van der Waals surface area contributed by atoms with Crippen LogP contribution in [0.15, 0.2) is 71.6 Å². The lowest BCUT2D eigenvalue weighted by Crippen LogP contribution is -2.49. The van der Waals surface area contributed by atoms with Gasteiger partial charge in [-0.25, -0.2) is 0 Å². The van der Waals surface area contributed by atoms with Gasteiger partial charge in [-0.15, -0.1) is 11.8 Å². The molecule has 1 heterocycles. The molecule has 0 bridgehead atoms. The third-order valence-corrected chi connectivity index (χ3v) is 6.06. The summed E-state index contributed by atoms with van der Waals surface area (Å²) in [5, 5.41) is 3.06. The van der Waals surface area contributed by atoms with Gasteiger partial charge in [0.05, 0.1) is 6.54 Å². The predicted molar refractivity (Wildman–Crippen MR) is 123 cm³/mol. The summed E-state index contributed by atoms with van der Waals surface area (Å²) in [6, 6.07) is 20.8. The number of piperazine rings is 1. The van der Waals surface area contributed by atoms with Crippen molar-refractivity contribution in [2.75, 3.05) is 51.6 Å². The number of hydrogen-bond donors (Lipinski definition) is 1. The molecule has 4 nitrogen and oxygen atoms in total. The first-order valence-corrected chi connectivity index (χ1v) is 11.4. The molecule has 2 aromatic carbocycles. The van der Waals surface area contributed by atoms with Crippen LogP contribution >= 0.6 is 11.8 Å². The molecule has 0 spiro atoms. The number of nitrogens with zero attached hydrogens (tertiary/aromatic N) is 2. The van der Waals surface area contributed by atoms with Crippen LogP contribution in [0.2, 0.25) is 0 Å². The minimum atomic E-state index is 0.145. The van der Waals surface area contributed by atoms with E-state index in [4.69, 9.17) is 0 Å². The Bertz CT molecular complexity index is 743. The summed E-state index contributed by atoms with van der Waals surface area (Å²) in [5.74, 6) is 1.17. The second-order valence-electron chi connectivity index (χ2n) is 7.25. The lowest BCUT2D eigenvalue weighted by atomic mass is 10.2. The van der Waals surface area contributed by atoms with Crippen LogP contribution in [0.3, 0.4) is 0 Å². The summed E-state index contributed by atoms with van der Waals surface area (Å²) in [6.45, 7) is 6.17. The molecule has 0 aromatic heterocycles. The van der Waals surface area contributed by atoms with Crippen molar-refractivity contribution in [2.24, 2.45) is 0 Å². The Morgan fingerprint density at radius 3 is 2.31 bits per heavy atom. The molecular weight excluding hydrogens is 378 g/mol. The first-order valence-electron chi connectivity index (χ1n) is 10.4. The summed E-state index contributed by atoms with van der Waals surface area (Å²) >= 11 is 1.84. The highest BCUT2D eigenvalue weighted by molar-refractivity contribution is 7.99. The van der Waals surface area contributed by atoms with Gasteiger partial charge >= 0.3 is 0 Å². The van der Waals surface area contributed by atoms with Gasteiger partial charge < -0.3 is 5.32 Å². The van der Waals surface area contributed by atoms with Gasteiger partial charge in [-0.2, -0.15) is 0 Å². The van der Waals surface area contributed by atoms with Gasteiger partial charge in [-0.05, 0) is 29.9 Å². The number of rotatable bonds is 10. The molecule has 0 atom stereocenters. The standard InChI is InChI=1S/C24H31N3OS/c28-24(25-14-8-20-29-23-12-5-2-6-13-23)21-27-18-16-26(17-19-27)15-7-11-22-9-3-1-4-10-22/h1-7,9-13H,8,14-21H2,(H,25,28)/b11-7+. The van der Waals surface area contributed by atoms with E-state index in [9.17, 15) is 4.79 Å². The number of thioether (sulfide) groups is 1. The molecule has 3 rings (SSSR count). The Morgan fingerprint density at radius 1 is 0.931 bits per heavy atom. The number of amides is 1. The summed E-state index contributed by atoms with van der Waals surface area (Å²) in [7, 11) is 0. The molecule has 5 heteroatoms. The first kappa shape index (κ1) is 21.6. The number of benzene rings is 2. The highest BCUT2D eigenvalue weighted by Gasteiger charge is 2.17. The highest BCUT2D eigenvalue weighted by Crippen LogP contribution is 2.17. The Labute approximate surface area is 179 Å². The molecule has 1 aliphatic rings. The van der Waals surface area contributed by atoms with Crippen molar-refractivity contribution >= 4 is 23.7 Å². The quantitative estimate of drug-likeness (QED) is 0.480. The largest absolute Gasteiger partial charge is 0.355 e. The molecular formula is C24H31N3OS. The van der Waals surface area contributed by atoms with Gasteiger partial charge in [0.15, 0.2) is 0 Å². The van der Waals surface area contributed by atoms with E-state index in [1.807, 2.05) is 23.9 Å².